The van der Waals surface area contributed by atoms with Crippen LogP contribution in [0.15, 0.2) is 11.6 Å². The number of methoxy groups -OCH3 is 1. The average Bonchev–Trinajstić information content (AvgIpc) is 2.79. The smallest absolute Gasteiger partial charge is 0.0940 e. The lowest BCUT2D eigenvalue weighted by Crippen LogP contribution is -2.34. The summed E-state index contributed by atoms with van der Waals surface area (Å²) in [5, 5.41) is 6.88. The van der Waals surface area contributed by atoms with E-state index in [0.717, 1.165) is 26.0 Å². The van der Waals surface area contributed by atoms with E-state index in [0.29, 0.717) is 12.0 Å². The van der Waals surface area contributed by atoms with Crippen LogP contribution in [0.5, 0.6) is 0 Å². The van der Waals surface area contributed by atoms with Crippen LogP contribution in [0.4, 0.5) is 0 Å². The van der Waals surface area contributed by atoms with Gasteiger partial charge in [-0.15, -0.1) is 11.3 Å². The van der Waals surface area contributed by atoms with Crippen molar-refractivity contribution in [2.75, 3.05) is 20.3 Å². The molecule has 0 saturated heterocycles. The second-order valence-corrected chi connectivity index (χ2v) is 5.56. The van der Waals surface area contributed by atoms with Gasteiger partial charge in [0.15, 0.2) is 0 Å². The third-order valence-electron chi connectivity index (χ3n) is 2.73. The van der Waals surface area contributed by atoms with Crippen LogP contribution in [0.2, 0.25) is 0 Å². The van der Waals surface area contributed by atoms with Gasteiger partial charge in [0.05, 0.1) is 5.01 Å². The molecule has 1 N–H and O–H groups in total. The van der Waals surface area contributed by atoms with Gasteiger partial charge in [-0.1, -0.05) is 13.8 Å². The highest BCUT2D eigenvalue weighted by Gasteiger charge is 2.14. The van der Waals surface area contributed by atoms with Gasteiger partial charge in [-0.3, -0.25) is 0 Å². The minimum absolute atomic E-state index is 0.520. The number of rotatable bonds is 9. The molecule has 2 atom stereocenters. The van der Waals surface area contributed by atoms with E-state index in [1.807, 2.05) is 11.6 Å². The zero-order valence-electron chi connectivity index (χ0n) is 11.1. The Morgan fingerprint density at radius 3 is 2.94 bits per heavy atom. The van der Waals surface area contributed by atoms with Crippen LogP contribution in [0, 0.1) is 5.92 Å². The van der Waals surface area contributed by atoms with E-state index < -0.39 is 0 Å². The zero-order chi connectivity index (χ0) is 12.5. The summed E-state index contributed by atoms with van der Waals surface area (Å²) in [4.78, 5) is 4.36. The van der Waals surface area contributed by atoms with Gasteiger partial charge in [0.25, 0.3) is 0 Å². The number of nitrogens with one attached hydrogen (secondary N) is 1. The second-order valence-electron chi connectivity index (χ2n) is 4.58. The molecular weight excluding hydrogens is 232 g/mol. The summed E-state index contributed by atoms with van der Waals surface area (Å²) < 4.78 is 5.20. The molecule has 98 valence electrons. The van der Waals surface area contributed by atoms with E-state index in [1.54, 1.807) is 18.4 Å². The number of thiazole rings is 1. The third-order valence-corrected chi connectivity index (χ3v) is 3.53. The lowest BCUT2D eigenvalue weighted by molar-refractivity contribution is 0.149. The summed E-state index contributed by atoms with van der Waals surface area (Å²) in [5.74, 6) is 0.592. The molecule has 1 aromatic rings. The maximum atomic E-state index is 5.20. The predicted octanol–water partition coefficient (Wildman–Crippen LogP) is 2.73. The molecule has 0 aliphatic carbocycles. The largest absolute Gasteiger partial charge is 0.384 e. The first-order valence-corrected chi connectivity index (χ1v) is 7.24. The SMILES string of the molecule is CCCNC(Cc1nccs1)CC(C)COC. The van der Waals surface area contributed by atoms with Crippen LogP contribution in [0.3, 0.4) is 0 Å². The van der Waals surface area contributed by atoms with Gasteiger partial charge in [-0.25, -0.2) is 4.98 Å². The van der Waals surface area contributed by atoms with Gasteiger partial charge in [-0.05, 0) is 25.3 Å². The molecule has 1 heterocycles. The van der Waals surface area contributed by atoms with E-state index in [9.17, 15) is 0 Å². The van der Waals surface area contributed by atoms with Gasteiger partial charge in [0, 0.05) is 37.8 Å². The first-order valence-electron chi connectivity index (χ1n) is 6.37. The standard InChI is InChI=1S/C13H24N2OS/c1-4-5-14-12(8-11(2)10-16-3)9-13-15-6-7-17-13/h6-7,11-12,14H,4-5,8-10H2,1-3H3. The molecule has 0 bridgehead atoms. The van der Waals surface area contributed by atoms with Crippen molar-refractivity contribution in [1.29, 1.82) is 0 Å². The molecule has 1 aromatic heterocycles. The number of aromatic nitrogens is 1. The Labute approximate surface area is 109 Å². The molecule has 0 amide bonds. The van der Waals surface area contributed by atoms with Crippen molar-refractivity contribution in [2.24, 2.45) is 5.92 Å². The molecular formula is C13H24N2OS. The monoisotopic (exact) mass is 256 g/mol. The van der Waals surface area contributed by atoms with Crippen molar-refractivity contribution in [1.82, 2.24) is 10.3 Å². The van der Waals surface area contributed by atoms with E-state index in [1.165, 1.54) is 11.4 Å². The Bertz CT molecular complexity index is 277. The quantitative estimate of drug-likeness (QED) is 0.737. The molecule has 17 heavy (non-hydrogen) atoms. The topological polar surface area (TPSA) is 34.2 Å². The molecule has 0 fully saturated rings. The summed E-state index contributed by atoms with van der Waals surface area (Å²) in [5.41, 5.74) is 0. The highest BCUT2D eigenvalue weighted by atomic mass is 32.1. The van der Waals surface area contributed by atoms with E-state index in [2.05, 4.69) is 24.1 Å². The summed E-state index contributed by atoms with van der Waals surface area (Å²) in [6, 6.07) is 0.520. The van der Waals surface area contributed by atoms with Crippen molar-refractivity contribution < 1.29 is 4.74 Å². The maximum Gasteiger partial charge on any atom is 0.0940 e. The average molecular weight is 256 g/mol. The summed E-state index contributed by atoms with van der Waals surface area (Å²) >= 11 is 1.74. The first-order chi connectivity index (χ1) is 8.26. The Kier molecular flexibility index (Phi) is 7.40. The highest BCUT2D eigenvalue weighted by Crippen LogP contribution is 2.13. The van der Waals surface area contributed by atoms with Gasteiger partial charge < -0.3 is 10.1 Å². The third kappa shape index (κ3) is 6.15. The van der Waals surface area contributed by atoms with Crippen LogP contribution in [0.25, 0.3) is 0 Å². The molecule has 0 aliphatic heterocycles. The normalized spacial score (nSPS) is 14.8. The van der Waals surface area contributed by atoms with Crippen LogP contribution >= 0.6 is 11.3 Å². The molecule has 2 unspecified atom stereocenters. The molecule has 0 radical (unpaired) electrons. The van der Waals surface area contributed by atoms with Gasteiger partial charge in [-0.2, -0.15) is 0 Å². The van der Waals surface area contributed by atoms with Gasteiger partial charge in [0.1, 0.15) is 0 Å². The molecule has 0 saturated carbocycles. The van der Waals surface area contributed by atoms with E-state index in [4.69, 9.17) is 4.74 Å². The van der Waals surface area contributed by atoms with Gasteiger partial charge in [0.2, 0.25) is 0 Å². The number of ether oxygens (including phenoxy) is 1. The predicted molar refractivity (Wildman–Crippen MR) is 73.6 cm³/mol. The van der Waals surface area contributed by atoms with Crippen molar-refractivity contribution in [2.45, 2.75) is 39.2 Å². The first kappa shape index (κ1) is 14.6. The molecule has 0 aromatic carbocycles. The molecule has 0 aliphatic rings. The van der Waals surface area contributed by atoms with E-state index >= 15 is 0 Å². The fourth-order valence-electron chi connectivity index (χ4n) is 1.99. The lowest BCUT2D eigenvalue weighted by atomic mass is 10.00. The van der Waals surface area contributed by atoms with Crippen molar-refractivity contribution in [3.63, 3.8) is 0 Å². The van der Waals surface area contributed by atoms with Crippen molar-refractivity contribution in [3.05, 3.63) is 16.6 Å². The maximum absolute atomic E-state index is 5.20. The van der Waals surface area contributed by atoms with E-state index in [-0.39, 0.29) is 0 Å². The Morgan fingerprint density at radius 2 is 2.35 bits per heavy atom. The van der Waals surface area contributed by atoms with Crippen molar-refractivity contribution >= 4 is 11.3 Å². The Balaban J connectivity index is 2.42. The van der Waals surface area contributed by atoms with Gasteiger partial charge >= 0.3 is 0 Å². The summed E-state index contributed by atoms with van der Waals surface area (Å²) in [6.07, 6.45) is 5.24. The Hall–Kier alpha value is -0.450. The molecule has 4 heteroatoms. The van der Waals surface area contributed by atoms with Crippen molar-refractivity contribution in [3.8, 4) is 0 Å². The van der Waals surface area contributed by atoms with Crippen LogP contribution < -0.4 is 5.32 Å². The lowest BCUT2D eigenvalue weighted by Gasteiger charge is -2.21. The Morgan fingerprint density at radius 1 is 1.53 bits per heavy atom. The molecule has 3 nitrogen and oxygen atoms in total. The van der Waals surface area contributed by atoms with Crippen LogP contribution in [-0.2, 0) is 11.2 Å². The fourth-order valence-corrected chi connectivity index (χ4v) is 2.69. The highest BCUT2D eigenvalue weighted by molar-refractivity contribution is 7.09. The zero-order valence-corrected chi connectivity index (χ0v) is 11.9. The molecule has 1 rings (SSSR count). The summed E-state index contributed by atoms with van der Waals surface area (Å²) in [7, 11) is 1.77. The number of hydrogen-bond donors (Lipinski definition) is 1. The second kappa shape index (κ2) is 8.61. The van der Waals surface area contributed by atoms with Crippen LogP contribution in [0.1, 0.15) is 31.7 Å². The minimum atomic E-state index is 0.520. The number of hydrogen-bond acceptors (Lipinski definition) is 4. The van der Waals surface area contributed by atoms with Crippen LogP contribution in [-0.4, -0.2) is 31.3 Å². The summed E-state index contributed by atoms with van der Waals surface area (Å²) in [6.45, 7) is 6.36. The minimum Gasteiger partial charge on any atom is -0.384 e. The fraction of sp³-hybridized carbons (Fsp3) is 0.769. The molecule has 0 spiro atoms. The number of nitrogens with zero attached hydrogens (tertiary/aromatic N) is 1.